The van der Waals surface area contributed by atoms with Crippen molar-refractivity contribution in [2.24, 2.45) is 5.92 Å². The summed E-state index contributed by atoms with van der Waals surface area (Å²) in [6.45, 7) is 7.47. The molecule has 1 heterocycles. The normalized spacial score (nSPS) is 16.8. The average Bonchev–Trinajstić information content (AvgIpc) is 2.46. The van der Waals surface area contributed by atoms with Crippen molar-refractivity contribution in [3.05, 3.63) is 29.3 Å². The molecule has 0 bridgehead atoms. The first-order valence-corrected chi connectivity index (χ1v) is 7.78. The summed E-state index contributed by atoms with van der Waals surface area (Å²) in [5.41, 5.74) is 3.09. The Kier molecular flexibility index (Phi) is 5.05. The van der Waals surface area contributed by atoms with Crippen LogP contribution in [0.3, 0.4) is 0 Å². The number of rotatable bonds is 5. The highest BCUT2D eigenvalue weighted by Crippen LogP contribution is 2.26. The largest absolute Gasteiger partial charge is 0.384 e. The van der Waals surface area contributed by atoms with E-state index in [0.717, 1.165) is 43.5 Å². The first-order valence-electron chi connectivity index (χ1n) is 7.78. The van der Waals surface area contributed by atoms with Crippen molar-refractivity contribution in [1.29, 1.82) is 0 Å². The second-order valence-electron chi connectivity index (χ2n) is 5.99. The minimum atomic E-state index is 0.0482. The molecule has 20 heavy (non-hydrogen) atoms. The molecule has 0 radical (unpaired) electrons. The van der Waals surface area contributed by atoms with E-state index in [4.69, 9.17) is 0 Å². The lowest BCUT2D eigenvalue weighted by Crippen LogP contribution is -2.34. The number of hydrogen-bond donors (Lipinski definition) is 2. The maximum atomic E-state index is 12.4. The van der Waals surface area contributed by atoms with Gasteiger partial charge in [0.15, 0.2) is 0 Å². The van der Waals surface area contributed by atoms with Crippen LogP contribution in [0.25, 0.3) is 0 Å². The topological polar surface area (TPSA) is 41.1 Å². The van der Waals surface area contributed by atoms with Gasteiger partial charge in [-0.3, -0.25) is 4.79 Å². The summed E-state index contributed by atoms with van der Waals surface area (Å²) in [6.07, 6.45) is 4.39. The number of para-hydroxylation sites is 1. The zero-order valence-corrected chi connectivity index (χ0v) is 12.8. The molecule has 2 atom stereocenters. The van der Waals surface area contributed by atoms with Crippen molar-refractivity contribution in [3.63, 3.8) is 0 Å². The number of anilines is 1. The fraction of sp³-hybridized carbons (Fsp3) is 0.588. The Morgan fingerprint density at radius 1 is 1.40 bits per heavy atom. The molecule has 3 heteroatoms. The quantitative estimate of drug-likeness (QED) is 0.861. The van der Waals surface area contributed by atoms with Crippen LogP contribution in [0.1, 0.15) is 56.0 Å². The predicted molar refractivity (Wildman–Crippen MR) is 84.3 cm³/mol. The smallest absolute Gasteiger partial charge is 0.253 e. The van der Waals surface area contributed by atoms with Crippen molar-refractivity contribution >= 4 is 11.6 Å². The predicted octanol–water partition coefficient (Wildman–Crippen LogP) is 3.60. The number of amides is 1. The number of carbonyl (C=O) groups is 1. The van der Waals surface area contributed by atoms with E-state index in [1.54, 1.807) is 0 Å². The molecular weight excluding hydrogens is 248 g/mol. The van der Waals surface area contributed by atoms with Gasteiger partial charge in [-0.05, 0) is 43.7 Å². The van der Waals surface area contributed by atoms with Crippen LogP contribution < -0.4 is 10.6 Å². The Labute approximate surface area is 122 Å². The van der Waals surface area contributed by atoms with Gasteiger partial charge in [-0.1, -0.05) is 32.4 Å². The number of nitrogens with one attached hydrogen (secondary N) is 2. The Hall–Kier alpha value is -1.51. The highest BCUT2D eigenvalue weighted by atomic mass is 16.1. The standard InChI is InChI=1S/C17H26N2O/c1-4-12(2)11-13(3)19-17(20)15-9-5-7-14-8-6-10-18-16(14)15/h5,7,9,12-13,18H,4,6,8,10-11H2,1-3H3,(H,19,20). The van der Waals surface area contributed by atoms with E-state index in [9.17, 15) is 4.79 Å². The summed E-state index contributed by atoms with van der Waals surface area (Å²) in [5.74, 6) is 0.695. The van der Waals surface area contributed by atoms with Crippen LogP contribution in [-0.4, -0.2) is 18.5 Å². The third-order valence-electron chi connectivity index (χ3n) is 4.15. The summed E-state index contributed by atoms with van der Waals surface area (Å²) in [7, 11) is 0. The van der Waals surface area contributed by atoms with Crippen molar-refractivity contribution in [1.82, 2.24) is 5.32 Å². The van der Waals surface area contributed by atoms with E-state index < -0.39 is 0 Å². The van der Waals surface area contributed by atoms with Gasteiger partial charge < -0.3 is 10.6 Å². The zero-order valence-electron chi connectivity index (χ0n) is 12.8. The van der Waals surface area contributed by atoms with E-state index in [1.807, 2.05) is 12.1 Å². The maximum absolute atomic E-state index is 12.4. The summed E-state index contributed by atoms with van der Waals surface area (Å²) in [6, 6.07) is 6.24. The van der Waals surface area contributed by atoms with E-state index in [2.05, 4.69) is 37.5 Å². The zero-order chi connectivity index (χ0) is 14.5. The number of aryl methyl sites for hydroxylation is 1. The molecule has 1 aliphatic rings. The summed E-state index contributed by atoms with van der Waals surface area (Å²) in [5, 5.41) is 6.51. The first-order chi connectivity index (χ1) is 9.61. The lowest BCUT2D eigenvalue weighted by Gasteiger charge is -2.22. The molecule has 0 aromatic heterocycles. The summed E-state index contributed by atoms with van der Waals surface area (Å²) in [4.78, 5) is 12.4. The van der Waals surface area contributed by atoms with Crippen LogP contribution in [0.5, 0.6) is 0 Å². The van der Waals surface area contributed by atoms with E-state index in [1.165, 1.54) is 5.56 Å². The monoisotopic (exact) mass is 274 g/mol. The third kappa shape index (κ3) is 3.53. The fourth-order valence-corrected chi connectivity index (χ4v) is 2.83. The van der Waals surface area contributed by atoms with Gasteiger partial charge in [0.2, 0.25) is 0 Å². The van der Waals surface area contributed by atoms with Gasteiger partial charge in [0, 0.05) is 12.6 Å². The fourth-order valence-electron chi connectivity index (χ4n) is 2.83. The van der Waals surface area contributed by atoms with Gasteiger partial charge in [-0.25, -0.2) is 0 Å². The lowest BCUT2D eigenvalue weighted by atomic mass is 9.97. The van der Waals surface area contributed by atoms with Crippen molar-refractivity contribution in [2.45, 2.75) is 52.5 Å². The van der Waals surface area contributed by atoms with Gasteiger partial charge in [-0.15, -0.1) is 0 Å². The molecule has 1 amide bonds. The molecule has 0 aliphatic carbocycles. The van der Waals surface area contributed by atoms with Crippen LogP contribution >= 0.6 is 0 Å². The van der Waals surface area contributed by atoms with Gasteiger partial charge in [0.25, 0.3) is 5.91 Å². The molecule has 2 rings (SSSR count). The molecular formula is C17H26N2O. The number of hydrogen-bond acceptors (Lipinski definition) is 2. The second kappa shape index (κ2) is 6.78. The van der Waals surface area contributed by atoms with Crippen LogP contribution in [0.2, 0.25) is 0 Å². The second-order valence-corrected chi connectivity index (χ2v) is 5.99. The average molecular weight is 274 g/mol. The maximum Gasteiger partial charge on any atom is 0.253 e. The molecule has 2 unspecified atom stereocenters. The minimum absolute atomic E-state index is 0.0482. The van der Waals surface area contributed by atoms with Crippen molar-refractivity contribution in [2.75, 3.05) is 11.9 Å². The summed E-state index contributed by atoms with van der Waals surface area (Å²) < 4.78 is 0. The van der Waals surface area contributed by atoms with Crippen molar-refractivity contribution < 1.29 is 4.79 Å². The highest BCUT2D eigenvalue weighted by Gasteiger charge is 2.18. The van der Waals surface area contributed by atoms with Gasteiger partial charge in [-0.2, -0.15) is 0 Å². The highest BCUT2D eigenvalue weighted by molar-refractivity contribution is 6.00. The molecule has 1 aliphatic heterocycles. The van der Waals surface area contributed by atoms with E-state index in [-0.39, 0.29) is 11.9 Å². The Morgan fingerprint density at radius 3 is 2.95 bits per heavy atom. The Bertz CT molecular complexity index is 470. The Morgan fingerprint density at radius 2 is 2.20 bits per heavy atom. The number of benzene rings is 1. The van der Waals surface area contributed by atoms with Crippen LogP contribution in [-0.2, 0) is 6.42 Å². The number of carbonyl (C=O) groups excluding carboxylic acids is 1. The third-order valence-corrected chi connectivity index (χ3v) is 4.15. The SMILES string of the molecule is CCC(C)CC(C)NC(=O)c1cccc2c1NCCC2. The minimum Gasteiger partial charge on any atom is -0.384 e. The Balaban J connectivity index is 2.06. The number of fused-ring (bicyclic) bond motifs is 1. The first kappa shape index (κ1) is 14.9. The molecule has 0 spiro atoms. The van der Waals surface area contributed by atoms with E-state index >= 15 is 0 Å². The molecule has 1 aromatic rings. The molecule has 0 saturated heterocycles. The summed E-state index contributed by atoms with van der Waals surface area (Å²) >= 11 is 0. The lowest BCUT2D eigenvalue weighted by molar-refractivity contribution is 0.0936. The molecule has 2 N–H and O–H groups in total. The molecule has 1 aromatic carbocycles. The molecule has 0 fully saturated rings. The van der Waals surface area contributed by atoms with Gasteiger partial charge in [0.05, 0.1) is 11.3 Å². The van der Waals surface area contributed by atoms with Crippen molar-refractivity contribution in [3.8, 4) is 0 Å². The molecule has 3 nitrogen and oxygen atoms in total. The molecule has 0 saturated carbocycles. The van der Waals surface area contributed by atoms with Gasteiger partial charge in [0.1, 0.15) is 0 Å². The van der Waals surface area contributed by atoms with Crippen LogP contribution in [0.4, 0.5) is 5.69 Å². The molecule has 110 valence electrons. The van der Waals surface area contributed by atoms with E-state index in [0.29, 0.717) is 5.92 Å². The van der Waals surface area contributed by atoms with Crippen LogP contribution in [0, 0.1) is 5.92 Å². The van der Waals surface area contributed by atoms with Crippen LogP contribution in [0.15, 0.2) is 18.2 Å². The van der Waals surface area contributed by atoms with Gasteiger partial charge >= 0.3 is 0 Å².